The summed E-state index contributed by atoms with van der Waals surface area (Å²) < 4.78 is 7.42. The highest BCUT2D eigenvalue weighted by molar-refractivity contribution is 5.79. The maximum Gasteiger partial charge on any atom is 0.190 e. The van der Waals surface area contributed by atoms with E-state index >= 15 is 0 Å². The molecule has 144 valence electrons. The van der Waals surface area contributed by atoms with E-state index in [0.29, 0.717) is 6.61 Å². The predicted molar refractivity (Wildman–Crippen MR) is 110 cm³/mol. The van der Waals surface area contributed by atoms with Crippen molar-refractivity contribution in [2.75, 3.05) is 26.7 Å². The van der Waals surface area contributed by atoms with E-state index in [9.17, 15) is 0 Å². The van der Waals surface area contributed by atoms with E-state index in [1.54, 1.807) is 7.05 Å². The van der Waals surface area contributed by atoms with E-state index in [-0.39, 0.29) is 0 Å². The van der Waals surface area contributed by atoms with Crippen LogP contribution in [0, 0.1) is 26.2 Å². The van der Waals surface area contributed by atoms with Gasteiger partial charge >= 0.3 is 0 Å². The molecule has 0 fully saturated rings. The average molecular weight is 367 g/mol. The first-order valence-corrected chi connectivity index (χ1v) is 9.23. The molecule has 2 aromatic rings. The lowest BCUT2D eigenvalue weighted by Gasteiger charge is -2.12. The van der Waals surface area contributed by atoms with Gasteiger partial charge in [0.2, 0.25) is 0 Å². The van der Waals surface area contributed by atoms with Crippen LogP contribution in [0.4, 0.5) is 0 Å². The molecule has 0 aliphatic carbocycles. The van der Waals surface area contributed by atoms with E-state index < -0.39 is 0 Å². The number of aliphatic imine (C=N–C) groups is 1. The Balaban J connectivity index is 1.65. The summed E-state index contributed by atoms with van der Waals surface area (Å²) in [5.74, 6) is 4.07. The number of ether oxygens (including phenoxy) is 1. The molecule has 0 aliphatic heterocycles. The van der Waals surface area contributed by atoms with Gasteiger partial charge in [-0.15, -0.1) is 6.42 Å². The Labute approximate surface area is 162 Å². The Morgan fingerprint density at radius 3 is 2.59 bits per heavy atom. The molecule has 0 atom stereocenters. The number of terminal acetylenes is 1. The fourth-order valence-corrected chi connectivity index (χ4v) is 2.76. The highest BCUT2D eigenvalue weighted by Gasteiger charge is 2.02. The minimum atomic E-state index is 0.294. The second-order valence-corrected chi connectivity index (χ2v) is 6.32. The molecule has 1 aromatic heterocycles. The van der Waals surface area contributed by atoms with Gasteiger partial charge in [-0.05, 0) is 50.5 Å². The number of hydrogen-bond donors (Lipinski definition) is 2. The largest absolute Gasteiger partial charge is 0.481 e. The second kappa shape index (κ2) is 10.9. The maximum absolute atomic E-state index is 5.38. The van der Waals surface area contributed by atoms with E-state index in [4.69, 9.17) is 11.2 Å². The van der Waals surface area contributed by atoms with Crippen molar-refractivity contribution in [2.45, 2.75) is 33.2 Å². The Kier molecular flexibility index (Phi) is 8.24. The van der Waals surface area contributed by atoms with Gasteiger partial charge in [0.25, 0.3) is 0 Å². The van der Waals surface area contributed by atoms with Crippen LogP contribution in [0.1, 0.15) is 23.4 Å². The fraction of sp³-hybridized carbons (Fsp3) is 0.429. The molecule has 27 heavy (non-hydrogen) atoms. The minimum Gasteiger partial charge on any atom is -0.481 e. The van der Waals surface area contributed by atoms with Gasteiger partial charge in [0.05, 0.1) is 5.69 Å². The predicted octanol–water partition coefficient (Wildman–Crippen LogP) is 2.31. The van der Waals surface area contributed by atoms with Gasteiger partial charge < -0.3 is 15.4 Å². The van der Waals surface area contributed by atoms with Crippen molar-refractivity contribution in [3.05, 3.63) is 47.3 Å². The molecule has 0 saturated carbocycles. The molecular formula is C21H29N5O. The normalized spacial score (nSPS) is 11.1. The van der Waals surface area contributed by atoms with Gasteiger partial charge in [-0.25, -0.2) is 0 Å². The van der Waals surface area contributed by atoms with E-state index in [2.05, 4.69) is 51.8 Å². The van der Waals surface area contributed by atoms with E-state index in [1.807, 2.05) is 23.7 Å². The van der Waals surface area contributed by atoms with E-state index in [0.717, 1.165) is 49.9 Å². The lowest BCUT2D eigenvalue weighted by Crippen LogP contribution is -2.39. The molecule has 2 rings (SSSR count). The van der Waals surface area contributed by atoms with Gasteiger partial charge in [0, 0.05) is 32.4 Å². The number of aromatic nitrogens is 2. The third-order valence-corrected chi connectivity index (χ3v) is 4.12. The van der Waals surface area contributed by atoms with Gasteiger partial charge in [-0.1, -0.05) is 18.1 Å². The smallest absolute Gasteiger partial charge is 0.190 e. The van der Waals surface area contributed by atoms with Crippen molar-refractivity contribution in [2.24, 2.45) is 4.99 Å². The summed E-state index contributed by atoms with van der Waals surface area (Å²) in [6.45, 7) is 6.95. The number of nitrogens with zero attached hydrogens (tertiary/aromatic N) is 3. The average Bonchev–Trinajstić information content (AvgIpc) is 3.00. The monoisotopic (exact) mass is 367 g/mol. The summed E-state index contributed by atoms with van der Waals surface area (Å²) in [4.78, 5) is 4.27. The molecule has 0 unspecified atom stereocenters. The molecule has 0 amide bonds. The van der Waals surface area contributed by atoms with Crippen LogP contribution in [0.2, 0.25) is 0 Å². The van der Waals surface area contributed by atoms with Crippen LogP contribution in [-0.4, -0.2) is 42.5 Å². The molecule has 0 aliphatic rings. The Morgan fingerprint density at radius 1 is 1.22 bits per heavy atom. The first-order chi connectivity index (χ1) is 13.1. The summed E-state index contributed by atoms with van der Waals surface area (Å²) in [6.07, 6.45) is 7.08. The zero-order valence-corrected chi connectivity index (χ0v) is 16.5. The van der Waals surface area contributed by atoms with Crippen LogP contribution in [0.3, 0.4) is 0 Å². The maximum atomic E-state index is 5.38. The molecule has 0 saturated heterocycles. The molecule has 2 N–H and O–H groups in total. The van der Waals surface area contributed by atoms with Crippen LogP contribution in [-0.2, 0) is 13.0 Å². The Hall–Kier alpha value is -2.94. The molecule has 0 spiro atoms. The number of hydrogen-bond acceptors (Lipinski definition) is 3. The van der Waals surface area contributed by atoms with Crippen LogP contribution in [0.15, 0.2) is 35.3 Å². The number of rotatable bonds is 9. The third-order valence-electron chi connectivity index (χ3n) is 4.12. The second-order valence-electron chi connectivity index (χ2n) is 6.32. The van der Waals surface area contributed by atoms with Crippen LogP contribution < -0.4 is 15.4 Å². The summed E-state index contributed by atoms with van der Waals surface area (Å²) >= 11 is 0. The van der Waals surface area contributed by atoms with E-state index in [1.165, 1.54) is 11.3 Å². The summed E-state index contributed by atoms with van der Waals surface area (Å²) in [7, 11) is 1.79. The summed E-state index contributed by atoms with van der Waals surface area (Å²) in [5.41, 5.74) is 3.50. The molecule has 1 aromatic carbocycles. The molecule has 6 heteroatoms. The quantitative estimate of drug-likeness (QED) is 0.309. The summed E-state index contributed by atoms with van der Waals surface area (Å²) in [5, 5.41) is 11.2. The van der Waals surface area contributed by atoms with Gasteiger partial charge in [0.1, 0.15) is 12.4 Å². The summed E-state index contributed by atoms with van der Waals surface area (Å²) in [6, 6.07) is 10.1. The van der Waals surface area contributed by atoms with Crippen LogP contribution in [0.25, 0.3) is 0 Å². The molecule has 1 heterocycles. The minimum absolute atomic E-state index is 0.294. The van der Waals surface area contributed by atoms with Crippen molar-refractivity contribution in [3.8, 4) is 18.1 Å². The molecule has 0 radical (unpaired) electrons. The number of guanidine groups is 1. The lowest BCUT2D eigenvalue weighted by atomic mass is 10.1. The first kappa shape index (κ1) is 20.4. The van der Waals surface area contributed by atoms with Crippen molar-refractivity contribution in [1.82, 2.24) is 20.4 Å². The third kappa shape index (κ3) is 7.06. The first-order valence-electron chi connectivity index (χ1n) is 9.23. The standard InChI is InChI=1S/C21H29N5O/c1-5-15-27-20-9-7-19(8-10-20)11-13-24-21(22-4)23-12-6-14-26-18(3)16-17(2)25-26/h1,7-10,16H,6,11-15H2,2-4H3,(H2,22,23,24). The topological polar surface area (TPSA) is 63.5 Å². The van der Waals surface area contributed by atoms with Crippen LogP contribution in [0.5, 0.6) is 5.75 Å². The van der Waals surface area contributed by atoms with Crippen molar-refractivity contribution in [3.63, 3.8) is 0 Å². The fourth-order valence-electron chi connectivity index (χ4n) is 2.76. The van der Waals surface area contributed by atoms with Gasteiger partial charge in [0.15, 0.2) is 5.96 Å². The van der Waals surface area contributed by atoms with Crippen molar-refractivity contribution >= 4 is 5.96 Å². The van der Waals surface area contributed by atoms with Crippen molar-refractivity contribution < 1.29 is 4.74 Å². The molecule has 0 bridgehead atoms. The molecular weight excluding hydrogens is 338 g/mol. The molecule has 6 nitrogen and oxygen atoms in total. The Bertz CT molecular complexity index is 771. The zero-order chi connectivity index (χ0) is 19.5. The SMILES string of the molecule is C#CCOc1ccc(CCNC(=NC)NCCCn2nc(C)cc2C)cc1. The van der Waals surface area contributed by atoms with Gasteiger partial charge in [-0.3, -0.25) is 9.67 Å². The lowest BCUT2D eigenvalue weighted by molar-refractivity contribution is 0.370. The number of nitrogens with one attached hydrogen (secondary N) is 2. The number of benzene rings is 1. The number of aryl methyl sites for hydroxylation is 3. The van der Waals surface area contributed by atoms with Gasteiger partial charge in [-0.2, -0.15) is 5.10 Å². The highest BCUT2D eigenvalue weighted by Crippen LogP contribution is 2.12. The van der Waals surface area contributed by atoms with Crippen LogP contribution >= 0.6 is 0 Å². The Morgan fingerprint density at radius 2 is 1.96 bits per heavy atom. The highest BCUT2D eigenvalue weighted by atomic mass is 16.5. The zero-order valence-electron chi connectivity index (χ0n) is 16.5. The van der Waals surface area contributed by atoms with Crippen molar-refractivity contribution in [1.29, 1.82) is 0 Å².